The molecule has 2 N–H and O–H groups in total. The minimum absolute atomic E-state index is 0. The van der Waals surface area contributed by atoms with E-state index in [1.54, 1.807) is 24.3 Å². The predicted octanol–water partition coefficient (Wildman–Crippen LogP) is -7.81. The van der Waals surface area contributed by atoms with Gasteiger partial charge >= 0.3 is 59.1 Å². The second kappa shape index (κ2) is 12.6. The molecule has 0 heterocycles. The molecule has 0 aliphatic heterocycles. The molecule has 0 aromatic heterocycles. The molecule has 0 spiro atoms. The zero-order chi connectivity index (χ0) is 15.9. The summed E-state index contributed by atoms with van der Waals surface area (Å²) in [6.45, 7) is 0. The summed E-state index contributed by atoms with van der Waals surface area (Å²) in [6.07, 6.45) is -1.33. The van der Waals surface area contributed by atoms with Crippen LogP contribution in [0.2, 0.25) is 5.02 Å². The first-order valence-electron chi connectivity index (χ1n) is 4.85. The third kappa shape index (κ3) is 12.7. The van der Waals surface area contributed by atoms with Crippen molar-refractivity contribution in [2.75, 3.05) is 0 Å². The van der Waals surface area contributed by atoms with E-state index in [1.807, 2.05) is 0 Å². The number of halogens is 1. The summed E-state index contributed by atoms with van der Waals surface area (Å²) >= 11 is 5.50. The van der Waals surface area contributed by atoms with Crippen LogP contribution in [0, 0.1) is 0 Å². The van der Waals surface area contributed by atoms with Gasteiger partial charge in [0.25, 0.3) is 10.1 Å². The Kier molecular flexibility index (Phi) is 15.4. The van der Waals surface area contributed by atoms with E-state index in [1.165, 1.54) is 0 Å². The molecule has 112 valence electrons. The van der Waals surface area contributed by atoms with Crippen LogP contribution in [0.1, 0.15) is 6.42 Å². The third-order valence-electron chi connectivity index (χ3n) is 1.80. The van der Waals surface area contributed by atoms with Crippen molar-refractivity contribution >= 4 is 33.7 Å². The average Bonchev–Trinajstić information content (AvgIpc) is 2.29. The number of phenolic OH excluding ortho intramolecular Hbond substituents is 1. The van der Waals surface area contributed by atoms with Crippen LogP contribution < -0.4 is 69.3 Å². The maximum Gasteiger partial charge on any atom is 1.00 e. The number of phenols is 1. The first-order chi connectivity index (χ1) is 9.04. The monoisotopic (exact) mass is 370 g/mol. The number of carbonyl (C=O) groups excluding carboxylic acids is 2. The van der Waals surface area contributed by atoms with Crippen molar-refractivity contribution in [3.8, 4) is 5.75 Å². The molecule has 8 nitrogen and oxygen atoms in total. The Morgan fingerprint density at radius 1 is 1.14 bits per heavy atom. The zero-order valence-corrected chi connectivity index (χ0v) is 17.3. The van der Waals surface area contributed by atoms with E-state index in [0.29, 0.717) is 5.02 Å². The van der Waals surface area contributed by atoms with Gasteiger partial charge in [0.2, 0.25) is 0 Å². The Morgan fingerprint density at radius 3 is 1.73 bits per heavy atom. The number of aliphatic carboxylic acids is 2. The molecular weight excluding hydrogens is 362 g/mol. The first-order valence-corrected chi connectivity index (χ1v) is 6.73. The van der Waals surface area contributed by atoms with E-state index in [0.717, 1.165) is 0 Å². The molecule has 0 fully saturated rings. The molecule has 0 aliphatic carbocycles. The van der Waals surface area contributed by atoms with Gasteiger partial charge in [-0.3, -0.25) is 4.55 Å². The maximum absolute atomic E-state index is 10.2. The molecule has 0 bridgehead atoms. The summed E-state index contributed by atoms with van der Waals surface area (Å²) in [5.41, 5.74) is 0. The second-order valence-corrected chi connectivity index (χ2v) is 5.41. The molecule has 1 rings (SSSR count). The summed E-state index contributed by atoms with van der Waals surface area (Å²) < 4.78 is 28.5. The molecule has 1 aromatic rings. The van der Waals surface area contributed by atoms with Gasteiger partial charge in [-0.15, -0.1) is 0 Å². The molecule has 1 unspecified atom stereocenters. The standard InChI is InChI=1S/C6H5ClO.C4H6O7S.2Na/c7-5-1-3-6(8)4-2-5;5-3(6)1-2(4(7)8)12(9,10)11;;/h1-4,8H;2H,1H2,(H,5,6)(H,7,8)(H,9,10,11);;/q;;2*+1/p-2. The average molecular weight is 371 g/mol. The van der Waals surface area contributed by atoms with Crippen LogP contribution in [0.5, 0.6) is 5.75 Å². The van der Waals surface area contributed by atoms with Gasteiger partial charge < -0.3 is 24.9 Å². The van der Waals surface area contributed by atoms with Gasteiger partial charge in [0.1, 0.15) is 11.0 Å². The fourth-order valence-corrected chi connectivity index (χ4v) is 1.62. The minimum Gasteiger partial charge on any atom is -0.550 e. The fraction of sp³-hybridized carbons (Fsp3) is 0.200. The van der Waals surface area contributed by atoms with Crippen molar-refractivity contribution < 1.29 is 97.0 Å². The molecule has 0 radical (unpaired) electrons. The Bertz CT molecular complexity index is 554. The zero-order valence-electron chi connectivity index (χ0n) is 11.7. The van der Waals surface area contributed by atoms with Crippen LogP contribution in [0.4, 0.5) is 0 Å². The van der Waals surface area contributed by atoms with Crippen LogP contribution in [0.15, 0.2) is 24.3 Å². The van der Waals surface area contributed by atoms with Gasteiger partial charge in [-0.05, 0) is 24.3 Å². The van der Waals surface area contributed by atoms with Crippen LogP contribution >= 0.6 is 11.6 Å². The Hall–Kier alpha value is 0.160. The van der Waals surface area contributed by atoms with Gasteiger partial charge in [0.05, 0.1) is 5.97 Å². The number of carboxylic acid groups (broad SMARTS) is 2. The Balaban J connectivity index is -0.000000318. The van der Waals surface area contributed by atoms with Crippen molar-refractivity contribution in [3.05, 3.63) is 29.3 Å². The third-order valence-corrected chi connectivity index (χ3v) is 3.13. The SMILES string of the molecule is O=C([O-])CC(C(=O)[O-])S(=O)(=O)O.Oc1ccc(Cl)cc1.[Na+].[Na+]. The quantitative estimate of drug-likeness (QED) is 0.391. The van der Waals surface area contributed by atoms with E-state index in [-0.39, 0.29) is 64.9 Å². The van der Waals surface area contributed by atoms with Crippen LogP contribution in [0.25, 0.3) is 0 Å². The van der Waals surface area contributed by atoms with Crippen LogP contribution in [-0.4, -0.2) is 35.3 Å². The van der Waals surface area contributed by atoms with Crippen LogP contribution in [-0.2, 0) is 19.7 Å². The molecule has 0 saturated heterocycles. The predicted molar refractivity (Wildman–Crippen MR) is 63.1 cm³/mol. The van der Waals surface area contributed by atoms with Gasteiger partial charge in [0.15, 0.2) is 0 Å². The van der Waals surface area contributed by atoms with Crippen molar-refractivity contribution in [1.82, 2.24) is 0 Å². The number of hydrogen-bond acceptors (Lipinski definition) is 7. The number of carbonyl (C=O) groups is 2. The van der Waals surface area contributed by atoms with Crippen molar-refractivity contribution in [3.63, 3.8) is 0 Å². The van der Waals surface area contributed by atoms with Gasteiger partial charge in [-0.25, -0.2) is 0 Å². The van der Waals surface area contributed by atoms with Gasteiger partial charge in [-0.1, -0.05) is 11.6 Å². The van der Waals surface area contributed by atoms with E-state index in [2.05, 4.69) is 0 Å². The minimum atomic E-state index is -4.94. The topological polar surface area (TPSA) is 155 Å². The molecule has 0 amide bonds. The molecule has 22 heavy (non-hydrogen) atoms. The molecule has 1 atom stereocenters. The normalized spacial score (nSPS) is 10.8. The van der Waals surface area contributed by atoms with E-state index >= 15 is 0 Å². The summed E-state index contributed by atoms with van der Waals surface area (Å²) in [5, 5.41) is 26.6. The van der Waals surface area contributed by atoms with Gasteiger partial charge in [-0.2, -0.15) is 8.42 Å². The molecule has 0 saturated carbocycles. The van der Waals surface area contributed by atoms with Crippen molar-refractivity contribution in [1.29, 1.82) is 0 Å². The molecule has 12 heteroatoms. The fourth-order valence-electron chi connectivity index (χ4n) is 0.903. The van der Waals surface area contributed by atoms with Crippen molar-refractivity contribution in [2.24, 2.45) is 0 Å². The number of carboxylic acids is 2. The summed E-state index contributed by atoms with van der Waals surface area (Å²) in [4.78, 5) is 19.7. The number of hydrogen-bond donors (Lipinski definition) is 2. The second-order valence-electron chi connectivity index (χ2n) is 3.38. The smallest absolute Gasteiger partial charge is 0.550 e. The van der Waals surface area contributed by atoms with E-state index in [4.69, 9.17) is 21.3 Å². The first kappa shape index (κ1) is 27.0. The van der Waals surface area contributed by atoms with Gasteiger partial charge in [0, 0.05) is 17.4 Å². The number of benzene rings is 1. The molecule has 0 aliphatic rings. The summed E-state index contributed by atoms with van der Waals surface area (Å²) in [7, 11) is -4.94. The van der Waals surface area contributed by atoms with Crippen LogP contribution in [0.3, 0.4) is 0 Å². The Morgan fingerprint density at radius 2 is 1.55 bits per heavy atom. The largest absolute Gasteiger partial charge is 1.00 e. The van der Waals surface area contributed by atoms with E-state index < -0.39 is 33.7 Å². The summed E-state index contributed by atoms with van der Waals surface area (Å²) in [5.74, 6) is -3.84. The summed E-state index contributed by atoms with van der Waals surface area (Å²) in [6, 6.07) is 6.36. The Labute approximate surface area is 175 Å². The molecule has 1 aromatic carbocycles. The van der Waals surface area contributed by atoms with Crippen molar-refractivity contribution in [2.45, 2.75) is 11.7 Å². The molecular formula is C10H9ClNa2O8S. The van der Waals surface area contributed by atoms with E-state index in [9.17, 15) is 28.2 Å². The number of aromatic hydroxyl groups is 1. The number of rotatable bonds is 4. The maximum atomic E-state index is 10.2.